The number of esters is 1. The van der Waals surface area contributed by atoms with E-state index in [1.165, 1.54) is 39.3 Å². The zero-order chi connectivity index (χ0) is 25.4. The van der Waals surface area contributed by atoms with Crippen LogP contribution in [0.1, 0.15) is 28.9 Å². The van der Waals surface area contributed by atoms with E-state index in [9.17, 15) is 14.4 Å². The van der Waals surface area contributed by atoms with Crippen LogP contribution >= 0.6 is 11.6 Å². The van der Waals surface area contributed by atoms with E-state index in [0.29, 0.717) is 33.3 Å². The number of Topliss-reactive ketones (excluding diaryl/α,β-unsaturated/α-hetero) is 1. The Morgan fingerprint density at radius 2 is 1.57 bits per heavy atom. The van der Waals surface area contributed by atoms with Crippen molar-refractivity contribution in [3.05, 3.63) is 82.9 Å². The first kappa shape index (κ1) is 25.6. The highest BCUT2D eigenvalue weighted by Crippen LogP contribution is 2.30. The van der Waals surface area contributed by atoms with Crippen LogP contribution in [0.4, 0.5) is 5.69 Å². The van der Waals surface area contributed by atoms with Crippen molar-refractivity contribution in [2.45, 2.75) is 13.0 Å². The average molecular weight is 498 g/mol. The van der Waals surface area contributed by atoms with Crippen LogP contribution in [0.5, 0.6) is 17.2 Å². The van der Waals surface area contributed by atoms with Gasteiger partial charge in [-0.05, 0) is 43.3 Å². The number of anilines is 1. The molecule has 1 atom stereocenters. The average Bonchev–Trinajstić information content (AvgIpc) is 2.86. The van der Waals surface area contributed by atoms with Crippen molar-refractivity contribution in [1.29, 1.82) is 0 Å². The summed E-state index contributed by atoms with van der Waals surface area (Å²) in [5.74, 6) is -0.486. The molecule has 182 valence electrons. The molecule has 0 heterocycles. The first-order valence-corrected chi connectivity index (χ1v) is 10.9. The molecule has 0 radical (unpaired) electrons. The van der Waals surface area contributed by atoms with Gasteiger partial charge in [0.15, 0.2) is 23.9 Å². The number of hydrogen-bond donors (Lipinski definition) is 1. The molecule has 0 saturated carbocycles. The van der Waals surface area contributed by atoms with Crippen LogP contribution in [0.3, 0.4) is 0 Å². The Morgan fingerprint density at radius 3 is 2.20 bits per heavy atom. The van der Waals surface area contributed by atoms with Gasteiger partial charge in [-0.3, -0.25) is 9.59 Å². The van der Waals surface area contributed by atoms with Gasteiger partial charge >= 0.3 is 5.97 Å². The van der Waals surface area contributed by atoms with E-state index in [2.05, 4.69) is 5.32 Å². The maximum absolute atomic E-state index is 13.0. The van der Waals surface area contributed by atoms with Gasteiger partial charge in [-0.25, -0.2) is 4.79 Å². The van der Waals surface area contributed by atoms with Gasteiger partial charge in [0.05, 0.1) is 19.2 Å². The molecule has 1 unspecified atom stereocenters. The van der Waals surface area contributed by atoms with Gasteiger partial charge in [0.2, 0.25) is 6.10 Å². The monoisotopic (exact) mass is 497 g/mol. The molecule has 35 heavy (non-hydrogen) atoms. The van der Waals surface area contributed by atoms with Crippen molar-refractivity contribution in [3.63, 3.8) is 0 Å². The Hall–Kier alpha value is -4.04. The summed E-state index contributed by atoms with van der Waals surface area (Å²) in [7, 11) is 2.91. The van der Waals surface area contributed by atoms with Crippen LogP contribution < -0.4 is 19.5 Å². The number of ketones is 1. The first-order valence-electron chi connectivity index (χ1n) is 10.5. The van der Waals surface area contributed by atoms with E-state index in [1.807, 2.05) is 0 Å². The lowest BCUT2D eigenvalue weighted by molar-refractivity contribution is -0.156. The topological polar surface area (TPSA) is 100 Å². The second kappa shape index (κ2) is 11.9. The number of amides is 1. The van der Waals surface area contributed by atoms with Gasteiger partial charge in [-0.1, -0.05) is 41.9 Å². The lowest BCUT2D eigenvalue weighted by Gasteiger charge is -2.19. The predicted octanol–water partition coefficient (Wildman–Crippen LogP) is 4.86. The summed E-state index contributed by atoms with van der Waals surface area (Å²) in [4.78, 5) is 37.2. The Labute approximate surface area is 207 Å². The summed E-state index contributed by atoms with van der Waals surface area (Å²) in [6, 6.07) is 17.9. The Bertz CT molecular complexity index is 1210. The van der Waals surface area contributed by atoms with E-state index in [4.69, 9.17) is 30.5 Å². The van der Waals surface area contributed by atoms with Gasteiger partial charge < -0.3 is 24.3 Å². The summed E-state index contributed by atoms with van der Waals surface area (Å²) in [6.45, 7) is 0.947. The smallest absolute Gasteiger partial charge is 0.345 e. The molecule has 0 aliphatic carbocycles. The van der Waals surface area contributed by atoms with E-state index >= 15 is 0 Å². The molecule has 3 aromatic carbocycles. The molecule has 1 N–H and O–H groups in total. The van der Waals surface area contributed by atoms with E-state index < -0.39 is 24.6 Å². The van der Waals surface area contributed by atoms with Gasteiger partial charge in [-0.15, -0.1) is 0 Å². The van der Waals surface area contributed by atoms with E-state index in [-0.39, 0.29) is 11.5 Å². The summed E-state index contributed by atoms with van der Waals surface area (Å²) >= 11 is 6.14. The van der Waals surface area contributed by atoms with Gasteiger partial charge in [0, 0.05) is 16.8 Å². The number of benzene rings is 3. The number of carbonyl (C=O) groups is 3. The minimum absolute atomic E-state index is 0.135. The third-order valence-corrected chi connectivity index (χ3v) is 5.22. The molecule has 8 nitrogen and oxygen atoms in total. The van der Waals surface area contributed by atoms with Gasteiger partial charge in [0.1, 0.15) is 5.75 Å². The van der Waals surface area contributed by atoms with Gasteiger partial charge in [0.25, 0.3) is 5.91 Å². The predicted molar refractivity (Wildman–Crippen MR) is 130 cm³/mol. The number of rotatable bonds is 10. The zero-order valence-corrected chi connectivity index (χ0v) is 20.1. The summed E-state index contributed by atoms with van der Waals surface area (Å²) in [6.07, 6.45) is -1.24. The zero-order valence-electron chi connectivity index (χ0n) is 19.4. The fourth-order valence-corrected chi connectivity index (χ4v) is 3.42. The van der Waals surface area contributed by atoms with Crippen LogP contribution in [-0.2, 0) is 14.3 Å². The second-order valence-electron chi connectivity index (χ2n) is 7.33. The Kier molecular flexibility index (Phi) is 8.69. The fourth-order valence-electron chi connectivity index (χ4n) is 3.16. The quantitative estimate of drug-likeness (QED) is 0.315. The molecule has 0 spiro atoms. The van der Waals surface area contributed by atoms with Crippen molar-refractivity contribution in [3.8, 4) is 17.2 Å². The molecule has 0 aliphatic rings. The first-order chi connectivity index (χ1) is 16.8. The SMILES string of the molecule is COc1ccc(NC(=O)C(OC(=O)COc2ccc(C(C)=O)cc2OC)c2ccccc2)cc1Cl. The second-order valence-corrected chi connectivity index (χ2v) is 7.74. The number of halogens is 1. The third kappa shape index (κ3) is 6.74. The minimum Gasteiger partial charge on any atom is -0.495 e. The fraction of sp³-hybridized carbons (Fsp3) is 0.192. The van der Waals surface area contributed by atoms with Crippen LogP contribution in [0.2, 0.25) is 5.02 Å². The molecule has 0 saturated heterocycles. The summed E-state index contributed by atoms with van der Waals surface area (Å²) < 4.78 is 21.4. The van der Waals surface area contributed by atoms with Crippen molar-refractivity contribution in [2.75, 3.05) is 26.1 Å². The molecular weight excluding hydrogens is 474 g/mol. The summed E-state index contributed by atoms with van der Waals surface area (Å²) in [5, 5.41) is 3.01. The van der Waals surface area contributed by atoms with Crippen LogP contribution in [0.15, 0.2) is 66.7 Å². The number of methoxy groups -OCH3 is 2. The molecule has 9 heteroatoms. The Balaban J connectivity index is 1.73. The van der Waals surface area contributed by atoms with Crippen molar-refractivity contribution < 1.29 is 33.3 Å². The largest absolute Gasteiger partial charge is 0.495 e. The van der Waals surface area contributed by atoms with Crippen LogP contribution in [-0.4, -0.2) is 38.5 Å². The molecule has 3 rings (SSSR count). The molecule has 0 aliphatic heterocycles. The number of carbonyl (C=O) groups excluding carboxylic acids is 3. The minimum atomic E-state index is -1.24. The standard InChI is InChI=1S/C26H24ClNO7/c1-16(29)18-9-11-22(23(13-18)33-3)34-15-24(30)35-25(17-7-5-4-6-8-17)26(31)28-19-10-12-21(32-2)20(27)14-19/h4-14,25H,15H2,1-3H3,(H,28,31). The van der Waals surface area contributed by atoms with Crippen LogP contribution in [0.25, 0.3) is 0 Å². The highest BCUT2D eigenvalue weighted by Gasteiger charge is 2.26. The van der Waals surface area contributed by atoms with Gasteiger partial charge in [-0.2, -0.15) is 0 Å². The number of ether oxygens (including phenoxy) is 4. The maximum Gasteiger partial charge on any atom is 0.345 e. The summed E-state index contributed by atoms with van der Waals surface area (Å²) in [5.41, 5.74) is 1.32. The lowest BCUT2D eigenvalue weighted by Crippen LogP contribution is -2.28. The normalized spacial score (nSPS) is 11.2. The lowest BCUT2D eigenvalue weighted by atomic mass is 10.1. The van der Waals surface area contributed by atoms with Crippen LogP contribution in [0, 0.1) is 0 Å². The van der Waals surface area contributed by atoms with Crippen molar-refractivity contribution in [2.24, 2.45) is 0 Å². The highest BCUT2D eigenvalue weighted by atomic mass is 35.5. The molecular formula is C26H24ClNO7. The third-order valence-electron chi connectivity index (χ3n) is 4.92. The molecule has 0 fully saturated rings. The van der Waals surface area contributed by atoms with E-state index in [0.717, 1.165) is 0 Å². The maximum atomic E-state index is 13.0. The highest BCUT2D eigenvalue weighted by molar-refractivity contribution is 6.32. The molecule has 1 amide bonds. The molecule has 0 aromatic heterocycles. The molecule has 3 aromatic rings. The number of hydrogen-bond acceptors (Lipinski definition) is 7. The number of nitrogens with one attached hydrogen (secondary N) is 1. The molecule has 0 bridgehead atoms. The van der Waals surface area contributed by atoms with Crippen molar-refractivity contribution >= 4 is 34.9 Å². The Morgan fingerprint density at radius 1 is 0.886 bits per heavy atom. The van der Waals surface area contributed by atoms with Crippen molar-refractivity contribution in [1.82, 2.24) is 0 Å². The van der Waals surface area contributed by atoms with E-state index in [1.54, 1.807) is 48.5 Å².